The number of nitrogens with zero attached hydrogens (tertiary/aromatic N) is 1. The van der Waals surface area contributed by atoms with E-state index in [0.717, 1.165) is 25.8 Å². The van der Waals surface area contributed by atoms with Gasteiger partial charge in [-0.3, -0.25) is 4.79 Å². The monoisotopic (exact) mass is 278 g/mol. The van der Waals surface area contributed by atoms with Gasteiger partial charge in [0.1, 0.15) is 5.82 Å². The number of amides is 1. The fraction of sp³-hybridized carbons (Fsp3) is 0.562. The normalized spacial score (nSPS) is 22.8. The van der Waals surface area contributed by atoms with Gasteiger partial charge in [-0.25, -0.2) is 4.39 Å². The fourth-order valence-corrected chi connectivity index (χ4v) is 2.94. The van der Waals surface area contributed by atoms with E-state index in [1.54, 1.807) is 0 Å². The minimum atomic E-state index is -0.315. The lowest BCUT2D eigenvalue weighted by Crippen LogP contribution is -2.45. The lowest BCUT2D eigenvalue weighted by molar-refractivity contribution is 0.0895. The molecule has 0 bridgehead atoms. The van der Waals surface area contributed by atoms with Crippen molar-refractivity contribution in [1.29, 1.82) is 0 Å². The van der Waals surface area contributed by atoms with Crippen LogP contribution in [0.5, 0.6) is 0 Å². The summed E-state index contributed by atoms with van der Waals surface area (Å²) in [7, 11) is 4.13. The molecule has 2 atom stereocenters. The van der Waals surface area contributed by atoms with Crippen molar-refractivity contribution >= 4 is 5.91 Å². The van der Waals surface area contributed by atoms with Gasteiger partial charge in [-0.05, 0) is 57.1 Å². The Labute approximate surface area is 120 Å². The summed E-state index contributed by atoms with van der Waals surface area (Å²) >= 11 is 0. The van der Waals surface area contributed by atoms with Gasteiger partial charge in [0.2, 0.25) is 0 Å². The van der Waals surface area contributed by atoms with Crippen LogP contribution in [0.3, 0.4) is 0 Å². The van der Waals surface area contributed by atoms with Crippen molar-refractivity contribution in [3.8, 4) is 0 Å². The third-order valence-corrected chi connectivity index (χ3v) is 3.93. The highest BCUT2D eigenvalue weighted by molar-refractivity contribution is 5.94. The maximum Gasteiger partial charge on any atom is 0.251 e. The number of rotatable bonds is 4. The summed E-state index contributed by atoms with van der Waals surface area (Å²) in [5, 5.41) is 3.12. The number of carbonyl (C=O) groups is 1. The van der Waals surface area contributed by atoms with E-state index >= 15 is 0 Å². The summed E-state index contributed by atoms with van der Waals surface area (Å²) in [5.74, 6) is 0.0912. The van der Waals surface area contributed by atoms with Gasteiger partial charge in [0.15, 0.2) is 0 Å². The van der Waals surface area contributed by atoms with Gasteiger partial charge in [-0.1, -0.05) is 12.8 Å². The third kappa shape index (κ3) is 4.04. The number of benzene rings is 1. The molecule has 1 amide bonds. The van der Waals surface area contributed by atoms with Crippen molar-refractivity contribution in [3.05, 3.63) is 35.6 Å². The van der Waals surface area contributed by atoms with E-state index in [2.05, 4.69) is 24.3 Å². The zero-order valence-corrected chi connectivity index (χ0v) is 12.2. The Kier molecular flexibility index (Phi) is 5.12. The van der Waals surface area contributed by atoms with E-state index in [1.807, 2.05) is 0 Å². The minimum absolute atomic E-state index is 0.0966. The highest BCUT2D eigenvalue weighted by atomic mass is 19.1. The molecule has 1 aromatic carbocycles. The zero-order valence-electron chi connectivity index (χ0n) is 12.2. The maximum absolute atomic E-state index is 12.9. The van der Waals surface area contributed by atoms with Crippen LogP contribution in [-0.4, -0.2) is 37.5 Å². The molecule has 20 heavy (non-hydrogen) atoms. The Morgan fingerprint density at radius 2 is 1.90 bits per heavy atom. The molecule has 3 nitrogen and oxygen atoms in total. The van der Waals surface area contributed by atoms with Crippen molar-refractivity contribution in [3.63, 3.8) is 0 Å². The number of hydrogen-bond donors (Lipinski definition) is 1. The Hall–Kier alpha value is -1.42. The molecule has 1 aliphatic rings. The van der Waals surface area contributed by atoms with Crippen molar-refractivity contribution in [1.82, 2.24) is 10.2 Å². The van der Waals surface area contributed by atoms with E-state index in [1.165, 1.54) is 30.7 Å². The quantitative estimate of drug-likeness (QED) is 0.918. The van der Waals surface area contributed by atoms with Gasteiger partial charge in [0.25, 0.3) is 5.91 Å². The van der Waals surface area contributed by atoms with Gasteiger partial charge >= 0.3 is 0 Å². The van der Waals surface area contributed by atoms with E-state index in [9.17, 15) is 9.18 Å². The molecule has 0 heterocycles. The molecule has 1 aromatic rings. The molecule has 2 rings (SSSR count). The van der Waals surface area contributed by atoms with Crippen molar-refractivity contribution in [2.75, 3.05) is 20.6 Å². The fourth-order valence-electron chi connectivity index (χ4n) is 2.94. The maximum atomic E-state index is 12.9. The van der Waals surface area contributed by atoms with Gasteiger partial charge in [-0.2, -0.15) is 0 Å². The molecule has 1 aliphatic carbocycles. The van der Waals surface area contributed by atoms with Crippen LogP contribution >= 0.6 is 0 Å². The molecule has 0 aliphatic heterocycles. The second-order valence-corrected chi connectivity index (χ2v) is 5.89. The first-order valence-electron chi connectivity index (χ1n) is 7.27. The molecule has 0 saturated heterocycles. The summed E-state index contributed by atoms with van der Waals surface area (Å²) in [4.78, 5) is 14.4. The molecule has 0 spiro atoms. The Morgan fingerprint density at radius 3 is 2.55 bits per heavy atom. The van der Waals surface area contributed by atoms with Crippen LogP contribution in [0, 0.1) is 11.7 Å². The summed E-state index contributed by atoms with van der Waals surface area (Å²) in [6.07, 6.45) is 4.59. The number of carbonyl (C=O) groups excluding carboxylic acids is 1. The topological polar surface area (TPSA) is 32.3 Å². The summed E-state index contributed by atoms with van der Waals surface area (Å²) in [5.41, 5.74) is 0.528. The molecule has 110 valence electrons. The van der Waals surface area contributed by atoms with Gasteiger partial charge in [0, 0.05) is 18.2 Å². The summed E-state index contributed by atoms with van der Waals surface area (Å²) in [6, 6.07) is 5.95. The number of hydrogen-bond acceptors (Lipinski definition) is 2. The zero-order chi connectivity index (χ0) is 14.5. The first-order chi connectivity index (χ1) is 9.56. The second-order valence-electron chi connectivity index (χ2n) is 5.89. The van der Waals surface area contributed by atoms with E-state index in [0.29, 0.717) is 11.5 Å². The highest BCUT2D eigenvalue weighted by Crippen LogP contribution is 2.25. The van der Waals surface area contributed by atoms with Gasteiger partial charge in [0.05, 0.1) is 0 Å². The highest BCUT2D eigenvalue weighted by Gasteiger charge is 2.27. The van der Waals surface area contributed by atoms with Crippen LogP contribution in [0.1, 0.15) is 36.0 Å². The number of nitrogens with one attached hydrogen (secondary N) is 1. The first kappa shape index (κ1) is 15.0. The Morgan fingerprint density at radius 1 is 1.25 bits per heavy atom. The molecular formula is C16H23FN2O. The molecule has 1 fully saturated rings. The van der Waals surface area contributed by atoms with Crippen molar-refractivity contribution in [2.45, 2.75) is 31.7 Å². The summed E-state index contributed by atoms with van der Waals surface area (Å²) in [6.45, 7) is 0.994. The third-order valence-electron chi connectivity index (χ3n) is 3.93. The molecule has 1 N–H and O–H groups in total. The van der Waals surface area contributed by atoms with Crippen LogP contribution in [-0.2, 0) is 0 Å². The number of halogens is 1. The SMILES string of the molecule is CN(C)CC1CCCCC1NC(=O)c1ccc(F)cc1. The molecule has 0 radical (unpaired) electrons. The van der Waals surface area contributed by atoms with Crippen molar-refractivity contribution in [2.24, 2.45) is 5.92 Å². The molecule has 1 saturated carbocycles. The van der Waals surface area contributed by atoms with Crippen LogP contribution in [0.25, 0.3) is 0 Å². The van der Waals surface area contributed by atoms with Gasteiger partial charge < -0.3 is 10.2 Å². The van der Waals surface area contributed by atoms with Gasteiger partial charge in [-0.15, -0.1) is 0 Å². The van der Waals surface area contributed by atoms with Crippen molar-refractivity contribution < 1.29 is 9.18 Å². The molecular weight excluding hydrogens is 255 g/mol. The van der Waals surface area contributed by atoms with E-state index in [4.69, 9.17) is 0 Å². The lowest BCUT2D eigenvalue weighted by atomic mass is 9.84. The van der Waals surface area contributed by atoms with Crippen LogP contribution in [0.15, 0.2) is 24.3 Å². The second kappa shape index (κ2) is 6.84. The predicted octanol–water partition coefficient (Wildman–Crippen LogP) is 2.68. The molecule has 4 heteroatoms. The largest absolute Gasteiger partial charge is 0.349 e. The summed E-state index contributed by atoms with van der Waals surface area (Å²) < 4.78 is 12.9. The molecule has 2 unspecified atom stereocenters. The molecule has 0 aromatic heterocycles. The van der Waals surface area contributed by atoms with Crippen LogP contribution in [0.2, 0.25) is 0 Å². The Balaban J connectivity index is 1.99. The first-order valence-corrected chi connectivity index (χ1v) is 7.27. The van der Waals surface area contributed by atoms with Crippen LogP contribution in [0.4, 0.5) is 4.39 Å². The smallest absolute Gasteiger partial charge is 0.251 e. The van der Waals surface area contributed by atoms with E-state index < -0.39 is 0 Å². The predicted molar refractivity (Wildman–Crippen MR) is 78.2 cm³/mol. The average molecular weight is 278 g/mol. The average Bonchev–Trinajstić information content (AvgIpc) is 2.41. The Bertz CT molecular complexity index is 444. The van der Waals surface area contributed by atoms with Crippen LogP contribution < -0.4 is 5.32 Å². The minimum Gasteiger partial charge on any atom is -0.349 e. The van der Waals surface area contributed by atoms with E-state index in [-0.39, 0.29) is 17.8 Å². The standard InChI is InChI=1S/C16H23FN2O/c1-19(2)11-13-5-3-4-6-15(13)18-16(20)12-7-9-14(17)10-8-12/h7-10,13,15H,3-6,11H2,1-2H3,(H,18,20). The lowest BCUT2D eigenvalue weighted by Gasteiger charge is -2.34.